The number of carbonyl (C=O) groups excluding carboxylic acids is 1. The molecule has 1 amide bonds. The fourth-order valence-corrected chi connectivity index (χ4v) is 2.63. The Morgan fingerprint density at radius 2 is 1.80 bits per heavy atom. The molecule has 7 nitrogen and oxygen atoms in total. The molecular weight excluding hydrogens is 320 g/mol. The van der Waals surface area contributed by atoms with Gasteiger partial charge in [-0.3, -0.25) is 4.79 Å². The van der Waals surface area contributed by atoms with Gasteiger partial charge >= 0.3 is 0 Å². The molecule has 0 radical (unpaired) electrons. The van der Waals surface area contributed by atoms with Crippen LogP contribution in [0.4, 0.5) is 11.6 Å². The predicted molar refractivity (Wildman–Crippen MR) is 95.3 cm³/mol. The maximum Gasteiger partial charge on any atom is 0.258 e. The molecule has 1 aromatic carbocycles. The van der Waals surface area contributed by atoms with Gasteiger partial charge in [0.15, 0.2) is 11.5 Å². The van der Waals surface area contributed by atoms with Crippen molar-refractivity contribution in [3.63, 3.8) is 0 Å². The number of aromatic nitrogens is 2. The first-order valence-corrected chi connectivity index (χ1v) is 8.49. The van der Waals surface area contributed by atoms with E-state index >= 15 is 0 Å². The summed E-state index contributed by atoms with van der Waals surface area (Å²) in [6, 6.07) is 5.27. The minimum Gasteiger partial charge on any atom is -0.454 e. The molecule has 7 heteroatoms. The molecule has 1 aliphatic rings. The van der Waals surface area contributed by atoms with Gasteiger partial charge in [0.1, 0.15) is 0 Å². The zero-order valence-corrected chi connectivity index (χ0v) is 14.5. The Balaban J connectivity index is 1.68. The second-order valence-corrected chi connectivity index (χ2v) is 5.78. The lowest BCUT2D eigenvalue weighted by Gasteiger charge is -2.21. The standard InChI is InChI=1S/C18H22N4O3/c1-3-7-22(8-4-2)18-19-10-13(11-20-18)17(23)21-14-5-6-15-16(9-14)25-12-24-15/h5-6,9-11H,3-4,7-8,12H2,1-2H3,(H,21,23). The van der Waals surface area contributed by atoms with Crippen LogP contribution in [0.3, 0.4) is 0 Å². The van der Waals surface area contributed by atoms with Gasteiger partial charge in [-0.1, -0.05) is 13.8 Å². The Bertz CT molecular complexity index is 728. The van der Waals surface area contributed by atoms with Crippen molar-refractivity contribution in [2.45, 2.75) is 26.7 Å². The highest BCUT2D eigenvalue weighted by Gasteiger charge is 2.15. The van der Waals surface area contributed by atoms with Crippen LogP contribution in [0.2, 0.25) is 0 Å². The zero-order valence-electron chi connectivity index (χ0n) is 14.5. The van der Waals surface area contributed by atoms with Crippen LogP contribution in [-0.2, 0) is 0 Å². The van der Waals surface area contributed by atoms with Gasteiger partial charge in [0, 0.05) is 37.2 Å². The number of rotatable bonds is 7. The monoisotopic (exact) mass is 342 g/mol. The lowest BCUT2D eigenvalue weighted by atomic mass is 10.2. The average molecular weight is 342 g/mol. The second kappa shape index (κ2) is 7.83. The Morgan fingerprint density at radius 3 is 2.48 bits per heavy atom. The first-order chi connectivity index (χ1) is 12.2. The minimum atomic E-state index is -0.261. The van der Waals surface area contributed by atoms with Gasteiger partial charge in [0.25, 0.3) is 5.91 Å². The molecule has 0 bridgehead atoms. The Labute approximate surface area is 147 Å². The van der Waals surface area contributed by atoms with E-state index in [1.54, 1.807) is 30.6 Å². The van der Waals surface area contributed by atoms with Gasteiger partial charge in [-0.2, -0.15) is 0 Å². The summed E-state index contributed by atoms with van der Waals surface area (Å²) < 4.78 is 10.6. The van der Waals surface area contributed by atoms with Gasteiger partial charge in [0.05, 0.1) is 5.56 Å². The van der Waals surface area contributed by atoms with Crippen LogP contribution in [-0.4, -0.2) is 35.8 Å². The van der Waals surface area contributed by atoms with Crippen molar-refractivity contribution >= 4 is 17.5 Å². The summed E-state index contributed by atoms with van der Waals surface area (Å²) in [6.45, 7) is 6.24. The van der Waals surface area contributed by atoms with Crippen molar-refractivity contribution < 1.29 is 14.3 Å². The molecule has 0 unspecified atom stereocenters. The van der Waals surface area contributed by atoms with Crippen LogP contribution in [0, 0.1) is 0 Å². The molecule has 3 rings (SSSR count). The van der Waals surface area contributed by atoms with Crippen molar-refractivity contribution in [1.29, 1.82) is 0 Å². The SMILES string of the molecule is CCCN(CCC)c1ncc(C(=O)Nc2ccc3c(c2)OCO3)cn1. The summed E-state index contributed by atoms with van der Waals surface area (Å²) in [7, 11) is 0. The van der Waals surface area contributed by atoms with E-state index in [1.807, 2.05) is 0 Å². The topological polar surface area (TPSA) is 76.6 Å². The van der Waals surface area contributed by atoms with E-state index in [1.165, 1.54) is 0 Å². The Morgan fingerprint density at radius 1 is 1.12 bits per heavy atom. The molecule has 2 aromatic rings. The second-order valence-electron chi connectivity index (χ2n) is 5.78. The summed E-state index contributed by atoms with van der Waals surface area (Å²) in [4.78, 5) is 23.2. The molecule has 1 aromatic heterocycles. The molecule has 0 aliphatic carbocycles. The van der Waals surface area contributed by atoms with Crippen molar-refractivity contribution in [1.82, 2.24) is 9.97 Å². The molecule has 2 heterocycles. The van der Waals surface area contributed by atoms with Gasteiger partial charge in [-0.15, -0.1) is 0 Å². The molecule has 0 saturated carbocycles. The highest BCUT2D eigenvalue weighted by atomic mass is 16.7. The maximum absolute atomic E-state index is 12.4. The van der Waals surface area contributed by atoms with Crippen molar-refractivity contribution in [2.75, 3.05) is 30.1 Å². The highest BCUT2D eigenvalue weighted by Crippen LogP contribution is 2.34. The number of ether oxygens (including phenoxy) is 2. The number of nitrogens with one attached hydrogen (secondary N) is 1. The largest absolute Gasteiger partial charge is 0.454 e. The Hall–Kier alpha value is -2.83. The number of carbonyl (C=O) groups is 1. The quantitative estimate of drug-likeness (QED) is 0.833. The van der Waals surface area contributed by atoms with Crippen LogP contribution < -0.4 is 19.7 Å². The van der Waals surface area contributed by atoms with Crippen molar-refractivity contribution in [3.8, 4) is 11.5 Å². The normalized spacial score (nSPS) is 12.1. The number of anilines is 2. The van der Waals surface area contributed by atoms with E-state index in [4.69, 9.17) is 9.47 Å². The van der Waals surface area contributed by atoms with E-state index < -0.39 is 0 Å². The minimum absolute atomic E-state index is 0.202. The van der Waals surface area contributed by atoms with Gasteiger partial charge in [-0.05, 0) is 25.0 Å². The zero-order chi connectivity index (χ0) is 17.6. The molecule has 0 saturated heterocycles. The van der Waals surface area contributed by atoms with E-state index in [2.05, 4.69) is 34.0 Å². The fraction of sp³-hybridized carbons (Fsp3) is 0.389. The van der Waals surface area contributed by atoms with E-state index in [0.717, 1.165) is 25.9 Å². The molecular formula is C18H22N4O3. The van der Waals surface area contributed by atoms with Crippen molar-refractivity contribution in [2.24, 2.45) is 0 Å². The average Bonchev–Trinajstić information content (AvgIpc) is 3.09. The van der Waals surface area contributed by atoms with Crippen LogP contribution in [0.15, 0.2) is 30.6 Å². The lowest BCUT2D eigenvalue weighted by molar-refractivity contribution is 0.102. The molecule has 0 atom stereocenters. The summed E-state index contributed by atoms with van der Waals surface area (Å²) >= 11 is 0. The molecule has 1 aliphatic heterocycles. The molecule has 0 fully saturated rings. The summed E-state index contributed by atoms with van der Waals surface area (Å²) in [6.07, 6.45) is 5.16. The lowest BCUT2D eigenvalue weighted by Crippen LogP contribution is -2.27. The summed E-state index contributed by atoms with van der Waals surface area (Å²) in [5, 5.41) is 2.82. The fourth-order valence-electron chi connectivity index (χ4n) is 2.63. The first kappa shape index (κ1) is 17.0. The van der Waals surface area contributed by atoms with Crippen LogP contribution in [0.1, 0.15) is 37.0 Å². The maximum atomic E-state index is 12.4. The van der Waals surface area contributed by atoms with E-state index in [9.17, 15) is 4.79 Å². The molecule has 0 spiro atoms. The third-order valence-corrected chi connectivity index (χ3v) is 3.80. The third kappa shape index (κ3) is 3.99. The number of nitrogens with zero attached hydrogens (tertiary/aromatic N) is 3. The number of benzene rings is 1. The predicted octanol–water partition coefficient (Wildman–Crippen LogP) is 3.08. The Kier molecular flexibility index (Phi) is 5.33. The third-order valence-electron chi connectivity index (χ3n) is 3.80. The first-order valence-electron chi connectivity index (χ1n) is 8.49. The molecule has 25 heavy (non-hydrogen) atoms. The molecule has 132 valence electrons. The summed E-state index contributed by atoms with van der Waals surface area (Å²) in [5.74, 6) is 1.70. The molecule has 1 N–H and O–H groups in total. The number of fused-ring (bicyclic) bond motifs is 1. The highest BCUT2D eigenvalue weighted by molar-refractivity contribution is 6.04. The van der Waals surface area contributed by atoms with Crippen molar-refractivity contribution in [3.05, 3.63) is 36.2 Å². The van der Waals surface area contributed by atoms with Crippen LogP contribution >= 0.6 is 0 Å². The number of hydrogen-bond acceptors (Lipinski definition) is 6. The van der Waals surface area contributed by atoms with Gasteiger partial charge in [0.2, 0.25) is 12.7 Å². The van der Waals surface area contributed by atoms with Crippen LogP contribution in [0.25, 0.3) is 0 Å². The van der Waals surface area contributed by atoms with Crippen LogP contribution in [0.5, 0.6) is 11.5 Å². The van der Waals surface area contributed by atoms with Gasteiger partial charge in [-0.25, -0.2) is 9.97 Å². The van der Waals surface area contributed by atoms with E-state index in [0.29, 0.717) is 28.7 Å². The smallest absolute Gasteiger partial charge is 0.258 e. The number of hydrogen-bond donors (Lipinski definition) is 1. The van der Waals surface area contributed by atoms with Gasteiger partial charge < -0.3 is 19.7 Å². The van der Waals surface area contributed by atoms with E-state index in [-0.39, 0.29) is 12.7 Å². The number of amides is 1. The summed E-state index contributed by atoms with van der Waals surface area (Å²) in [5.41, 5.74) is 1.05.